The molecule has 2 N–H and O–H groups in total. The van der Waals surface area contributed by atoms with E-state index in [1.807, 2.05) is 84.9 Å². The highest BCUT2D eigenvalue weighted by atomic mass is 16.5. The average Bonchev–Trinajstić information content (AvgIpc) is 3.45. The van der Waals surface area contributed by atoms with Crippen molar-refractivity contribution >= 4 is 0 Å². The fourth-order valence-electron chi connectivity index (χ4n) is 7.30. The van der Waals surface area contributed by atoms with Crippen LogP contribution in [0.5, 0.6) is 23.0 Å². The predicted octanol–water partition coefficient (Wildman–Crippen LogP) is 7.97. The summed E-state index contributed by atoms with van der Waals surface area (Å²) >= 11 is 0. The first-order chi connectivity index (χ1) is 24.6. The molecule has 0 radical (unpaired) electrons. The minimum atomic E-state index is -0.830. The van der Waals surface area contributed by atoms with Gasteiger partial charge in [0.2, 0.25) is 0 Å². The summed E-state index contributed by atoms with van der Waals surface area (Å²) in [6.07, 6.45) is 0. The average molecular weight is 655 g/mol. The second kappa shape index (κ2) is 12.6. The summed E-state index contributed by atoms with van der Waals surface area (Å²) in [5.41, 5.74) is 10.5. The topological polar surface area (TPSA) is 116 Å². The van der Waals surface area contributed by atoms with Gasteiger partial charge in [-0.3, -0.25) is 0 Å². The van der Waals surface area contributed by atoms with Crippen LogP contribution in [0.25, 0.3) is 33.4 Å². The van der Waals surface area contributed by atoms with Gasteiger partial charge in [0.1, 0.15) is 36.2 Å². The van der Waals surface area contributed by atoms with Crippen LogP contribution in [0, 0.1) is 22.7 Å². The van der Waals surface area contributed by atoms with Crippen LogP contribution in [-0.2, 0) is 5.41 Å². The summed E-state index contributed by atoms with van der Waals surface area (Å²) in [5, 5.41) is 37.8. The molecule has 0 aromatic heterocycles. The molecule has 0 saturated carbocycles. The van der Waals surface area contributed by atoms with Crippen LogP contribution in [0.2, 0.25) is 0 Å². The second-order valence-electron chi connectivity index (χ2n) is 12.2. The van der Waals surface area contributed by atoms with Gasteiger partial charge < -0.3 is 24.4 Å². The Morgan fingerprint density at radius 1 is 0.500 bits per heavy atom. The van der Waals surface area contributed by atoms with Crippen LogP contribution in [0.3, 0.4) is 0 Å². The molecule has 0 fully saturated rings. The van der Waals surface area contributed by atoms with Gasteiger partial charge in [0.15, 0.2) is 0 Å². The van der Waals surface area contributed by atoms with Crippen molar-refractivity contribution in [3.63, 3.8) is 0 Å². The van der Waals surface area contributed by atoms with Crippen molar-refractivity contribution < 1.29 is 24.4 Å². The van der Waals surface area contributed by atoms with Gasteiger partial charge >= 0.3 is 0 Å². The lowest BCUT2D eigenvalue weighted by Crippen LogP contribution is -2.32. The molecule has 1 heterocycles. The van der Waals surface area contributed by atoms with E-state index in [0.717, 1.165) is 55.6 Å². The zero-order chi connectivity index (χ0) is 34.2. The van der Waals surface area contributed by atoms with Gasteiger partial charge in [-0.15, -0.1) is 0 Å². The summed E-state index contributed by atoms with van der Waals surface area (Å²) in [7, 11) is 0. The first kappa shape index (κ1) is 30.9. The van der Waals surface area contributed by atoms with Crippen molar-refractivity contribution in [2.45, 2.75) is 5.41 Å². The fourth-order valence-corrected chi connectivity index (χ4v) is 7.30. The highest BCUT2D eigenvalue weighted by Crippen LogP contribution is 2.63. The van der Waals surface area contributed by atoms with Crippen LogP contribution in [-0.4, -0.2) is 36.6 Å². The molecule has 0 unspecified atom stereocenters. The van der Waals surface area contributed by atoms with Crippen molar-refractivity contribution in [1.29, 1.82) is 10.5 Å². The van der Waals surface area contributed by atoms with Crippen LogP contribution in [0.4, 0.5) is 0 Å². The molecule has 7 nitrogen and oxygen atoms in total. The van der Waals surface area contributed by atoms with Gasteiger partial charge in [0.25, 0.3) is 0 Å². The number of rotatable bonds is 8. The highest BCUT2D eigenvalue weighted by Gasteiger charge is 2.51. The molecule has 0 saturated heterocycles. The summed E-state index contributed by atoms with van der Waals surface area (Å²) < 4.78 is 18.3. The number of nitriles is 2. The number of hydrogen-bond donors (Lipinski definition) is 2. The maximum atomic E-state index is 9.46. The molecular weight excluding hydrogens is 624 g/mol. The van der Waals surface area contributed by atoms with Gasteiger partial charge in [-0.2, -0.15) is 10.5 Å². The number of hydrogen-bond acceptors (Lipinski definition) is 7. The van der Waals surface area contributed by atoms with Gasteiger partial charge in [-0.25, -0.2) is 0 Å². The van der Waals surface area contributed by atoms with Crippen LogP contribution in [0.15, 0.2) is 121 Å². The number of nitrogens with zero attached hydrogens (tertiary/aromatic N) is 2. The van der Waals surface area contributed by atoms with Crippen molar-refractivity contribution in [3.8, 4) is 68.5 Å². The molecule has 50 heavy (non-hydrogen) atoms. The Kier molecular flexibility index (Phi) is 7.78. The molecule has 0 bridgehead atoms. The molecule has 242 valence electrons. The van der Waals surface area contributed by atoms with Crippen LogP contribution >= 0.6 is 0 Å². The largest absolute Gasteiger partial charge is 0.491 e. The number of aliphatic hydroxyl groups is 2. The second-order valence-corrected chi connectivity index (χ2v) is 12.2. The molecule has 1 spiro atoms. The fraction of sp³-hybridized carbons (Fsp3) is 0.116. The van der Waals surface area contributed by atoms with Crippen molar-refractivity contribution in [3.05, 3.63) is 155 Å². The molecule has 8 rings (SSSR count). The van der Waals surface area contributed by atoms with Crippen LogP contribution in [0.1, 0.15) is 33.4 Å². The summed E-state index contributed by atoms with van der Waals surface area (Å²) in [6, 6.07) is 44.3. The normalized spacial score (nSPS) is 12.8. The van der Waals surface area contributed by atoms with E-state index < -0.39 is 5.41 Å². The molecular formula is C43H30N2O5. The zero-order valence-corrected chi connectivity index (χ0v) is 26.9. The number of benzene rings is 6. The molecule has 0 amide bonds. The van der Waals surface area contributed by atoms with Gasteiger partial charge in [0, 0.05) is 23.3 Å². The Morgan fingerprint density at radius 3 is 1.32 bits per heavy atom. The van der Waals surface area contributed by atoms with Crippen molar-refractivity contribution in [2.75, 3.05) is 26.4 Å². The molecule has 1 aliphatic carbocycles. The predicted molar refractivity (Wildman–Crippen MR) is 189 cm³/mol. The third-order valence-corrected chi connectivity index (χ3v) is 9.49. The standard InChI is InChI=1S/C43H30N2O5/c44-25-27-1-5-29(6-2-27)31-9-13-35-36-14-10-32(30-7-3-28(26-45)4-8-30)22-40(36)43(39(35)21-31)37-15-11-33(48-19-17-46)23-41(37)50-42-24-34(49-20-18-47)12-16-38(42)43/h1-16,21-24,46-47H,17-20H2. The number of fused-ring (bicyclic) bond motifs is 9. The van der Waals surface area contributed by atoms with E-state index in [1.54, 1.807) is 0 Å². The summed E-state index contributed by atoms with van der Waals surface area (Å²) in [4.78, 5) is 0. The van der Waals surface area contributed by atoms with Crippen molar-refractivity contribution in [2.24, 2.45) is 0 Å². The van der Waals surface area contributed by atoms with E-state index >= 15 is 0 Å². The maximum absolute atomic E-state index is 9.46. The SMILES string of the molecule is N#Cc1ccc(-c2ccc3c(c2)C2(c4ccc(OCCO)cc4Oc4cc(OCCO)ccc42)c2cc(-c4ccc(C#N)cc4)ccc2-3)cc1. The lowest BCUT2D eigenvalue weighted by atomic mass is 9.65. The van der Waals surface area contributed by atoms with E-state index in [0.29, 0.717) is 34.1 Å². The first-order valence-electron chi connectivity index (χ1n) is 16.3. The smallest absolute Gasteiger partial charge is 0.135 e. The number of aliphatic hydroxyl groups excluding tert-OH is 2. The summed E-state index contributed by atoms with van der Waals surface area (Å²) in [5.74, 6) is 2.36. The molecule has 6 aromatic rings. The zero-order valence-electron chi connectivity index (χ0n) is 26.9. The van der Waals surface area contributed by atoms with E-state index in [2.05, 4.69) is 48.5 Å². The number of ether oxygens (including phenoxy) is 3. The van der Waals surface area contributed by atoms with E-state index in [4.69, 9.17) is 14.2 Å². The van der Waals surface area contributed by atoms with E-state index in [-0.39, 0.29) is 26.4 Å². The lowest BCUT2D eigenvalue weighted by Gasteiger charge is -2.40. The Morgan fingerprint density at radius 2 is 0.920 bits per heavy atom. The van der Waals surface area contributed by atoms with Gasteiger partial charge in [-0.1, -0.05) is 60.7 Å². The Balaban J connectivity index is 1.43. The molecule has 1 aliphatic heterocycles. The highest BCUT2D eigenvalue weighted by molar-refractivity contribution is 5.92. The van der Waals surface area contributed by atoms with Gasteiger partial charge in [-0.05, 0) is 93.0 Å². The Bertz CT molecular complexity index is 2180. The maximum Gasteiger partial charge on any atom is 0.135 e. The van der Waals surface area contributed by atoms with Crippen molar-refractivity contribution in [1.82, 2.24) is 0 Å². The molecule has 6 aromatic carbocycles. The van der Waals surface area contributed by atoms with E-state index in [1.165, 1.54) is 0 Å². The third-order valence-electron chi connectivity index (χ3n) is 9.49. The third kappa shape index (κ3) is 4.96. The Hall–Kier alpha value is -6.38. The monoisotopic (exact) mass is 654 g/mol. The molecule has 7 heteroatoms. The molecule has 0 atom stereocenters. The minimum Gasteiger partial charge on any atom is -0.491 e. The Labute approximate surface area is 289 Å². The lowest BCUT2D eigenvalue weighted by molar-refractivity contribution is 0.200. The van der Waals surface area contributed by atoms with Gasteiger partial charge in [0.05, 0.1) is 41.9 Å². The minimum absolute atomic E-state index is 0.118. The van der Waals surface area contributed by atoms with Crippen LogP contribution < -0.4 is 14.2 Å². The first-order valence-corrected chi connectivity index (χ1v) is 16.3. The summed E-state index contributed by atoms with van der Waals surface area (Å²) in [6.45, 7) is 0.0565. The van der Waals surface area contributed by atoms with E-state index in [9.17, 15) is 20.7 Å². The quantitative estimate of drug-likeness (QED) is 0.171. The molecule has 2 aliphatic rings.